The number of carbonyl (C=O) groups is 1. The van der Waals surface area contributed by atoms with Crippen molar-refractivity contribution in [1.29, 1.82) is 0 Å². The Morgan fingerprint density at radius 1 is 1.33 bits per heavy atom. The number of amides is 1. The smallest absolute Gasteiger partial charge is 0.238 e. The molecule has 0 aliphatic rings. The van der Waals surface area contributed by atoms with Gasteiger partial charge in [-0.15, -0.1) is 0 Å². The normalized spacial score (nSPS) is 13.2. The fourth-order valence-corrected chi connectivity index (χ4v) is 2.63. The molecule has 1 aromatic rings. The van der Waals surface area contributed by atoms with Crippen molar-refractivity contribution in [1.82, 2.24) is 5.32 Å². The van der Waals surface area contributed by atoms with E-state index in [1.807, 2.05) is 13.8 Å². The van der Waals surface area contributed by atoms with Crippen molar-refractivity contribution in [2.45, 2.75) is 31.7 Å². The zero-order valence-electron chi connectivity index (χ0n) is 12.4. The highest BCUT2D eigenvalue weighted by Crippen LogP contribution is 2.12. The Morgan fingerprint density at radius 2 is 2.00 bits per heavy atom. The van der Waals surface area contributed by atoms with Crippen LogP contribution in [0.1, 0.15) is 25.8 Å². The number of sulfonamides is 1. The van der Waals surface area contributed by atoms with Gasteiger partial charge in [0, 0.05) is 13.1 Å². The Balaban J connectivity index is 2.69. The third-order valence-corrected chi connectivity index (χ3v) is 4.02. The number of nitrogens with two attached hydrogens (primary N) is 2. The Hall–Kier alpha value is -1.44. The van der Waals surface area contributed by atoms with Crippen molar-refractivity contribution in [2.24, 2.45) is 22.7 Å². The Labute approximate surface area is 126 Å². The zero-order chi connectivity index (χ0) is 16.0. The fourth-order valence-electron chi connectivity index (χ4n) is 2.05. The minimum absolute atomic E-state index is 0.0341. The summed E-state index contributed by atoms with van der Waals surface area (Å²) < 4.78 is 22.5. The number of hydrogen-bond donors (Lipinski definition) is 3. The highest BCUT2D eigenvalue weighted by molar-refractivity contribution is 7.89. The first kappa shape index (κ1) is 17.6. The molecule has 1 unspecified atom stereocenters. The Kier molecular flexibility index (Phi) is 6.32. The molecule has 0 fully saturated rings. The maximum absolute atomic E-state index is 12.0. The Morgan fingerprint density at radius 3 is 2.52 bits per heavy atom. The molecule has 0 heterocycles. The number of benzene rings is 1. The number of nitrogens with one attached hydrogen (secondary N) is 1. The maximum atomic E-state index is 12.0. The second kappa shape index (κ2) is 7.53. The molecule has 1 amide bonds. The summed E-state index contributed by atoms with van der Waals surface area (Å²) in [5.41, 5.74) is 6.29. The molecule has 0 saturated carbocycles. The molecule has 0 aliphatic heterocycles. The van der Waals surface area contributed by atoms with E-state index in [1.165, 1.54) is 12.1 Å². The van der Waals surface area contributed by atoms with Crippen molar-refractivity contribution < 1.29 is 13.2 Å². The van der Waals surface area contributed by atoms with Crippen LogP contribution in [0.4, 0.5) is 0 Å². The molecular formula is C14H23N3O3S. The molecule has 5 N–H and O–H groups in total. The first-order chi connectivity index (χ1) is 9.74. The number of hydrogen-bond acceptors (Lipinski definition) is 4. The fraction of sp³-hybridized carbons (Fsp3) is 0.500. The van der Waals surface area contributed by atoms with Crippen molar-refractivity contribution in [3.8, 4) is 0 Å². The van der Waals surface area contributed by atoms with Crippen LogP contribution in [0.25, 0.3) is 0 Å². The van der Waals surface area contributed by atoms with Crippen molar-refractivity contribution >= 4 is 15.9 Å². The van der Waals surface area contributed by atoms with Crippen molar-refractivity contribution in [2.75, 3.05) is 6.54 Å². The second-order valence-corrected chi connectivity index (χ2v) is 7.03. The molecule has 118 valence electrons. The van der Waals surface area contributed by atoms with Gasteiger partial charge in [-0.2, -0.15) is 0 Å². The van der Waals surface area contributed by atoms with E-state index in [-0.39, 0.29) is 23.3 Å². The standard InChI is InChI=1S/C14H23N3O3S/c1-10(2)6-12(8-15)14(18)17-9-11-4-3-5-13(7-11)21(16,19)20/h3-5,7,10,12H,6,8-9,15H2,1-2H3,(H,17,18)(H2,16,19,20). The second-order valence-electron chi connectivity index (χ2n) is 5.47. The van der Waals surface area contributed by atoms with Crippen LogP contribution < -0.4 is 16.2 Å². The summed E-state index contributed by atoms with van der Waals surface area (Å²) in [7, 11) is -3.73. The minimum Gasteiger partial charge on any atom is -0.352 e. The number of carbonyl (C=O) groups excluding carboxylic acids is 1. The van der Waals surface area contributed by atoms with Gasteiger partial charge >= 0.3 is 0 Å². The van der Waals surface area contributed by atoms with Crippen LogP contribution in [-0.4, -0.2) is 20.9 Å². The predicted octanol–water partition coefficient (Wildman–Crippen LogP) is 0.571. The van der Waals surface area contributed by atoms with Crippen LogP contribution in [-0.2, 0) is 21.4 Å². The van der Waals surface area contributed by atoms with Crippen LogP contribution >= 0.6 is 0 Å². The topological polar surface area (TPSA) is 115 Å². The van der Waals surface area contributed by atoms with E-state index < -0.39 is 10.0 Å². The molecule has 0 radical (unpaired) electrons. The summed E-state index contributed by atoms with van der Waals surface area (Å²) in [6.45, 7) is 4.61. The largest absolute Gasteiger partial charge is 0.352 e. The van der Waals surface area contributed by atoms with Crippen LogP contribution in [0, 0.1) is 11.8 Å². The molecule has 1 aromatic carbocycles. The van der Waals surface area contributed by atoms with Gasteiger partial charge in [0.1, 0.15) is 0 Å². The van der Waals surface area contributed by atoms with Crippen molar-refractivity contribution in [3.05, 3.63) is 29.8 Å². The lowest BCUT2D eigenvalue weighted by molar-refractivity contribution is -0.125. The monoisotopic (exact) mass is 313 g/mol. The quantitative estimate of drug-likeness (QED) is 0.682. The van der Waals surface area contributed by atoms with E-state index in [0.717, 1.165) is 6.42 Å². The average molecular weight is 313 g/mol. The summed E-state index contributed by atoms with van der Waals surface area (Å²) in [5, 5.41) is 7.85. The molecule has 1 rings (SSSR count). The van der Waals surface area contributed by atoms with E-state index >= 15 is 0 Å². The zero-order valence-corrected chi connectivity index (χ0v) is 13.2. The van der Waals surface area contributed by atoms with Gasteiger partial charge in [-0.1, -0.05) is 26.0 Å². The molecule has 1 atom stereocenters. The SMILES string of the molecule is CC(C)CC(CN)C(=O)NCc1cccc(S(N)(=O)=O)c1. The van der Waals surface area contributed by atoms with Crippen LogP contribution in [0.3, 0.4) is 0 Å². The number of rotatable bonds is 7. The lowest BCUT2D eigenvalue weighted by atomic mass is 9.96. The van der Waals surface area contributed by atoms with E-state index in [2.05, 4.69) is 5.32 Å². The number of primary sulfonamides is 1. The van der Waals surface area contributed by atoms with Crippen molar-refractivity contribution in [3.63, 3.8) is 0 Å². The summed E-state index contributed by atoms with van der Waals surface area (Å²) in [6.07, 6.45) is 0.722. The van der Waals surface area contributed by atoms with Gasteiger partial charge < -0.3 is 11.1 Å². The third-order valence-electron chi connectivity index (χ3n) is 3.10. The molecule has 0 aliphatic carbocycles. The molecule has 7 heteroatoms. The molecule has 6 nitrogen and oxygen atoms in total. The summed E-state index contributed by atoms with van der Waals surface area (Å²) in [6, 6.07) is 6.20. The highest BCUT2D eigenvalue weighted by Gasteiger charge is 2.18. The average Bonchev–Trinajstić information content (AvgIpc) is 2.41. The molecular weight excluding hydrogens is 290 g/mol. The van der Waals surface area contributed by atoms with E-state index in [9.17, 15) is 13.2 Å². The van der Waals surface area contributed by atoms with Gasteiger partial charge in [0.25, 0.3) is 0 Å². The third kappa shape index (κ3) is 5.82. The first-order valence-electron chi connectivity index (χ1n) is 6.83. The van der Waals surface area contributed by atoms with E-state index in [1.54, 1.807) is 12.1 Å². The predicted molar refractivity (Wildman–Crippen MR) is 81.7 cm³/mol. The molecule has 21 heavy (non-hydrogen) atoms. The highest BCUT2D eigenvalue weighted by atomic mass is 32.2. The van der Waals surface area contributed by atoms with E-state index in [0.29, 0.717) is 18.0 Å². The van der Waals surface area contributed by atoms with Gasteiger partial charge in [-0.3, -0.25) is 4.79 Å². The summed E-state index contributed by atoms with van der Waals surface area (Å²) in [5.74, 6) is 0.0358. The summed E-state index contributed by atoms with van der Waals surface area (Å²) in [4.78, 5) is 12.1. The maximum Gasteiger partial charge on any atom is 0.238 e. The van der Waals surface area contributed by atoms with Gasteiger partial charge in [0.2, 0.25) is 15.9 Å². The van der Waals surface area contributed by atoms with Gasteiger partial charge in [-0.25, -0.2) is 13.6 Å². The van der Waals surface area contributed by atoms with Gasteiger partial charge in [0.05, 0.1) is 10.8 Å². The van der Waals surface area contributed by atoms with Crippen LogP contribution in [0.5, 0.6) is 0 Å². The van der Waals surface area contributed by atoms with Crippen LogP contribution in [0.15, 0.2) is 29.2 Å². The lowest BCUT2D eigenvalue weighted by Gasteiger charge is -2.17. The molecule has 0 spiro atoms. The lowest BCUT2D eigenvalue weighted by Crippen LogP contribution is -2.35. The minimum atomic E-state index is -3.73. The van der Waals surface area contributed by atoms with Crippen LogP contribution in [0.2, 0.25) is 0 Å². The van der Waals surface area contributed by atoms with Gasteiger partial charge in [-0.05, 0) is 30.0 Å². The first-order valence-corrected chi connectivity index (χ1v) is 8.38. The molecule has 0 bridgehead atoms. The summed E-state index contributed by atoms with van der Waals surface area (Å²) >= 11 is 0. The van der Waals surface area contributed by atoms with E-state index in [4.69, 9.17) is 10.9 Å². The van der Waals surface area contributed by atoms with Gasteiger partial charge in [0.15, 0.2) is 0 Å². The Bertz CT molecular complexity index is 585. The molecule has 0 saturated heterocycles. The molecule has 0 aromatic heterocycles.